The van der Waals surface area contributed by atoms with E-state index in [4.69, 9.17) is 0 Å². The van der Waals surface area contributed by atoms with Gasteiger partial charge in [-0.15, -0.1) is 0 Å². The Bertz CT molecular complexity index is 458. The number of nitrogens with zero attached hydrogens (tertiary/aromatic N) is 1. The molecule has 98 valence electrons. The van der Waals surface area contributed by atoms with Gasteiger partial charge in [0.2, 0.25) is 0 Å². The van der Waals surface area contributed by atoms with Crippen LogP contribution in [0.15, 0.2) is 24.3 Å². The van der Waals surface area contributed by atoms with Crippen molar-refractivity contribution in [3.63, 3.8) is 0 Å². The summed E-state index contributed by atoms with van der Waals surface area (Å²) >= 11 is 0. The SMILES string of the molecule is COC(=O)Cc1ccccc1/C=[N+](\[O-])C(C)(C)C. The maximum Gasteiger partial charge on any atom is 0.310 e. The molecule has 0 fully saturated rings. The number of hydrogen-bond donors (Lipinski definition) is 0. The van der Waals surface area contributed by atoms with Crippen molar-refractivity contribution in [2.24, 2.45) is 0 Å². The molecule has 4 nitrogen and oxygen atoms in total. The number of carbonyl (C=O) groups is 1. The van der Waals surface area contributed by atoms with Gasteiger partial charge in [0.25, 0.3) is 0 Å². The fourth-order valence-corrected chi connectivity index (χ4v) is 1.37. The van der Waals surface area contributed by atoms with Gasteiger partial charge in [-0.3, -0.25) is 4.79 Å². The summed E-state index contributed by atoms with van der Waals surface area (Å²) < 4.78 is 5.53. The Morgan fingerprint density at radius 1 is 1.39 bits per heavy atom. The number of benzene rings is 1. The normalized spacial score (nSPS) is 12.3. The number of carbonyl (C=O) groups excluding carboxylic acids is 1. The standard InChI is InChI=1S/C14H19NO3/c1-14(2,3)15(17)10-12-8-6-5-7-11(12)9-13(16)18-4/h5-8,10H,9H2,1-4H3/b15-10-. The van der Waals surface area contributed by atoms with Crippen molar-refractivity contribution in [1.82, 2.24) is 0 Å². The predicted molar refractivity (Wildman–Crippen MR) is 70.7 cm³/mol. The van der Waals surface area contributed by atoms with E-state index in [1.54, 1.807) is 0 Å². The lowest BCUT2D eigenvalue weighted by Gasteiger charge is -2.19. The van der Waals surface area contributed by atoms with E-state index in [0.29, 0.717) is 0 Å². The number of esters is 1. The summed E-state index contributed by atoms with van der Waals surface area (Å²) in [6.45, 7) is 5.50. The third-order valence-electron chi connectivity index (χ3n) is 2.54. The van der Waals surface area contributed by atoms with Gasteiger partial charge in [-0.25, -0.2) is 4.74 Å². The first kappa shape index (κ1) is 14.2. The van der Waals surface area contributed by atoms with Crippen LogP contribution in [-0.4, -0.2) is 29.6 Å². The minimum Gasteiger partial charge on any atom is -0.623 e. The number of hydroxylamine groups is 1. The number of ether oxygens (including phenoxy) is 1. The molecule has 0 amide bonds. The quantitative estimate of drug-likeness (QED) is 0.271. The summed E-state index contributed by atoms with van der Waals surface area (Å²) in [5.74, 6) is -0.316. The highest BCUT2D eigenvalue weighted by Gasteiger charge is 2.19. The predicted octanol–water partition coefficient (Wildman–Crippen LogP) is 2.13. The fourth-order valence-electron chi connectivity index (χ4n) is 1.37. The third kappa shape index (κ3) is 3.87. The maximum absolute atomic E-state index is 11.9. The Balaban J connectivity index is 3.06. The van der Waals surface area contributed by atoms with Crippen molar-refractivity contribution in [2.45, 2.75) is 32.7 Å². The van der Waals surface area contributed by atoms with Crippen LogP contribution in [0.5, 0.6) is 0 Å². The third-order valence-corrected chi connectivity index (χ3v) is 2.54. The molecule has 0 atom stereocenters. The Labute approximate surface area is 107 Å². The molecule has 0 radical (unpaired) electrons. The molecule has 0 spiro atoms. The van der Waals surface area contributed by atoms with E-state index in [0.717, 1.165) is 15.9 Å². The van der Waals surface area contributed by atoms with E-state index in [-0.39, 0.29) is 12.4 Å². The molecule has 0 bridgehead atoms. The van der Waals surface area contributed by atoms with Crippen molar-refractivity contribution in [3.05, 3.63) is 40.6 Å². The summed E-state index contributed by atoms with van der Waals surface area (Å²) in [6, 6.07) is 7.30. The first-order valence-electron chi connectivity index (χ1n) is 5.80. The average Bonchev–Trinajstić information content (AvgIpc) is 2.30. The van der Waals surface area contributed by atoms with Crippen LogP contribution in [0.1, 0.15) is 31.9 Å². The zero-order valence-electron chi connectivity index (χ0n) is 11.3. The molecule has 4 heteroatoms. The molecule has 1 aromatic carbocycles. The van der Waals surface area contributed by atoms with Gasteiger partial charge in [0.15, 0.2) is 11.8 Å². The van der Waals surface area contributed by atoms with Gasteiger partial charge < -0.3 is 9.94 Å². The molecule has 0 saturated heterocycles. The lowest BCUT2D eigenvalue weighted by atomic mass is 10.0. The Kier molecular flexibility index (Phi) is 4.48. The lowest BCUT2D eigenvalue weighted by molar-refractivity contribution is -0.530. The van der Waals surface area contributed by atoms with Gasteiger partial charge in [0.1, 0.15) is 0 Å². The number of methoxy groups -OCH3 is 1. The van der Waals surface area contributed by atoms with Crippen LogP contribution in [0.25, 0.3) is 0 Å². The smallest absolute Gasteiger partial charge is 0.310 e. The second-order valence-electron chi connectivity index (χ2n) is 5.08. The molecule has 1 aromatic rings. The van der Waals surface area contributed by atoms with Gasteiger partial charge in [0, 0.05) is 26.3 Å². The van der Waals surface area contributed by atoms with Crippen molar-refractivity contribution < 1.29 is 14.3 Å². The molecule has 18 heavy (non-hydrogen) atoms. The van der Waals surface area contributed by atoms with Crippen LogP contribution < -0.4 is 0 Å². The molecule has 0 aliphatic carbocycles. The zero-order chi connectivity index (χ0) is 13.8. The topological polar surface area (TPSA) is 52.4 Å². The van der Waals surface area contributed by atoms with E-state index in [2.05, 4.69) is 4.74 Å². The monoisotopic (exact) mass is 249 g/mol. The fraction of sp³-hybridized carbons (Fsp3) is 0.429. The molecule has 0 N–H and O–H groups in total. The van der Waals surface area contributed by atoms with E-state index < -0.39 is 5.54 Å². The lowest BCUT2D eigenvalue weighted by Crippen LogP contribution is -2.29. The Hall–Kier alpha value is -1.84. The summed E-state index contributed by atoms with van der Waals surface area (Å²) in [6.07, 6.45) is 1.68. The highest BCUT2D eigenvalue weighted by Crippen LogP contribution is 2.11. The van der Waals surface area contributed by atoms with E-state index in [1.807, 2.05) is 45.0 Å². The van der Waals surface area contributed by atoms with E-state index in [1.165, 1.54) is 13.3 Å². The summed E-state index contributed by atoms with van der Waals surface area (Å²) in [5.41, 5.74) is 1.03. The van der Waals surface area contributed by atoms with Crippen molar-refractivity contribution in [2.75, 3.05) is 7.11 Å². The second kappa shape index (κ2) is 5.67. The van der Waals surface area contributed by atoms with Crippen LogP contribution >= 0.6 is 0 Å². The van der Waals surface area contributed by atoms with Gasteiger partial charge in [0.05, 0.1) is 13.5 Å². The van der Waals surface area contributed by atoms with Crippen LogP contribution in [-0.2, 0) is 16.0 Å². The summed E-state index contributed by atoms with van der Waals surface area (Å²) in [5, 5.41) is 11.9. The molecule has 0 aliphatic rings. The molecule has 1 rings (SSSR count). The first-order valence-corrected chi connectivity index (χ1v) is 5.80. The van der Waals surface area contributed by atoms with Crippen LogP contribution in [0, 0.1) is 5.21 Å². The van der Waals surface area contributed by atoms with Gasteiger partial charge in [-0.2, -0.15) is 0 Å². The van der Waals surface area contributed by atoms with Crippen molar-refractivity contribution in [3.8, 4) is 0 Å². The number of hydrogen-bond acceptors (Lipinski definition) is 3. The molecule has 0 aromatic heterocycles. The van der Waals surface area contributed by atoms with Crippen LogP contribution in [0.2, 0.25) is 0 Å². The Morgan fingerprint density at radius 2 is 2.00 bits per heavy atom. The van der Waals surface area contributed by atoms with Crippen LogP contribution in [0.3, 0.4) is 0 Å². The highest BCUT2D eigenvalue weighted by atomic mass is 16.5. The molecular formula is C14H19NO3. The minimum atomic E-state index is -0.502. The minimum absolute atomic E-state index is 0.168. The maximum atomic E-state index is 11.9. The molecular weight excluding hydrogens is 230 g/mol. The molecule has 0 unspecified atom stereocenters. The summed E-state index contributed by atoms with van der Waals surface area (Å²) in [7, 11) is 1.35. The van der Waals surface area contributed by atoms with Gasteiger partial charge in [-0.1, -0.05) is 18.2 Å². The number of rotatable bonds is 3. The van der Waals surface area contributed by atoms with Crippen molar-refractivity contribution >= 4 is 12.2 Å². The summed E-state index contributed by atoms with van der Waals surface area (Å²) in [4.78, 5) is 11.3. The molecule has 0 saturated carbocycles. The van der Waals surface area contributed by atoms with Crippen LogP contribution in [0.4, 0.5) is 0 Å². The van der Waals surface area contributed by atoms with Gasteiger partial charge in [-0.05, 0) is 11.6 Å². The zero-order valence-corrected chi connectivity index (χ0v) is 11.3. The second-order valence-corrected chi connectivity index (χ2v) is 5.08. The molecule has 0 heterocycles. The highest BCUT2D eigenvalue weighted by molar-refractivity contribution is 5.82. The first-order chi connectivity index (χ1) is 8.34. The largest absolute Gasteiger partial charge is 0.623 e. The van der Waals surface area contributed by atoms with Crippen molar-refractivity contribution in [1.29, 1.82) is 0 Å². The van der Waals surface area contributed by atoms with E-state index in [9.17, 15) is 10.0 Å². The molecule has 0 aliphatic heterocycles. The average molecular weight is 249 g/mol. The van der Waals surface area contributed by atoms with E-state index >= 15 is 0 Å². The van der Waals surface area contributed by atoms with Gasteiger partial charge >= 0.3 is 5.97 Å². The Morgan fingerprint density at radius 3 is 2.56 bits per heavy atom.